The van der Waals surface area contributed by atoms with E-state index in [1.807, 2.05) is 78.4 Å². The number of guanidine groups is 1. The summed E-state index contributed by atoms with van der Waals surface area (Å²) in [7, 11) is -3.98. The van der Waals surface area contributed by atoms with Gasteiger partial charge in [0.2, 0.25) is 5.96 Å². The van der Waals surface area contributed by atoms with Gasteiger partial charge in [-0.3, -0.25) is 0 Å². The highest BCUT2D eigenvalue weighted by Crippen LogP contribution is 2.29. The van der Waals surface area contributed by atoms with Crippen molar-refractivity contribution in [3.8, 4) is 11.1 Å². The number of hydrogen-bond donors (Lipinski definition) is 2. The lowest BCUT2D eigenvalue weighted by Crippen LogP contribution is -2.41. The number of benzene rings is 3. The Morgan fingerprint density at radius 2 is 1.65 bits per heavy atom. The summed E-state index contributed by atoms with van der Waals surface area (Å²) in [6.07, 6.45) is 5.44. The van der Waals surface area contributed by atoms with Crippen LogP contribution in [0.4, 0.5) is 0 Å². The number of carbonyl (C=O) groups is 1. The molecular weight excluding hydrogens is 619 g/mol. The molecule has 0 aliphatic carbocycles. The Balaban J connectivity index is 1.62. The first-order chi connectivity index (χ1) is 22.3. The second-order valence-corrected chi connectivity index (χ2v) is 13.1. The Hall–Kier alpha value is -4.09. The van der Waals surface area contributed by atoms with E-state index in [0.29, 0.717) is 35.9 Å². The molecule has 1 heterocycles. The minimum Gasteiger partial charge on any atom is -0.461 e. The molecule has 244 valence electrons. The van der Waals surface area contributed by atoms with Gasteiger partial charge in [-0.05, 0) is 48.8 Å². The lowest BCUT2D eigenvalue weighted by molar-refractivity contribution is 0.0509. The van der Waals surface area contributed by atoms with E-state index in [9.17, 15) is 13.2 Å². The summed E-state index contributed by atoms with van der Waals surface area (Å²) in [6, 6.07) is 24.4. The lowest BCUT2D eigenvalue weighted by Gasteiger charge is -2.16. The van der Waals surface area contributed by atoms with Crippen molar-refractivity contribution in [1.29, 1.82) is 0 Å². The van der Waals surface area contributed by atoms with E-state index in [1.165, 1.54) is 11.8 Å². The highest BCUT2D eigenvalue weighted by molar-refractivity contribution is 7.98. The van der Waals surface area contributed by atoms with Gasteiger partial charge in [0.1, 0.15) is 10.9 Å². The zero-order valence-electron chi connectivity index (χ0n) is 27.0. The van der Waals surface area contributed by atoms with Crippen molar-refractivity contribution in [2.24, 2.45) is 4.99 Å². The predicted octanol–water partition coefficient (Wildman–Crippen LogP) is 6.67. The van der Waals surface area contributed by atoms with Crippen LogP contribution in [0.3, 0.4) is 0 Å². The molecule has 0 unspecified atom stereocenters. The summed E-state index contributed by atoms with van der Waals surface area (Å²) in [5.74, 6) is 0.671. The van der Waals surface area contributed by atoms with E-state index in [2.05, 4.69) is 22.0 Å². The van der Waals surface area contributed by atoms with Crippen molar-refractivity contribution >= 4 is 33.7 Å². The molecule has 0 bridgehead atoms. The van der Waals surface area contributed by atoms with Crippen molar-refractivity contribution in [2.75, 3.05) is 19.4 Å². The van der Waals surface area contributed by atoms with Crippen molar-refractivity contribution in [3.63, 3.8) is 0 Å². The van der Waals surface area contributed by atoms with Crippen LogP contribution in [0, 0.1) is 0 Å². The molecule has 46 heavy (non-hydrogen) atoms. The second kappa shape index (κ2) is 17.0. The molecule has 9 nitrogen and oxygen atoms in total. The summed E-state index contributed by atoms with van der Waals surface area (Å²) < 4.78 is 37.5. The Morgan fingerprint density at radius 3 is 2.33 bits per heavy atom. The molecule has 0 atom stereocenters. The average molecular weight is 662 g/mol. The maximum absolute atomic E-state index is 13.7. The summed E-state index contributed by atoms with van der Waals surface area (Å²) >= 11 is 1.43. The molecule has 0 spiro atoms. The summed E-state index contributed by atoms with van der Waals surface area (Å²) in [4.78, 5) is 22.4. The van der Waals surface area contributed by atoms with Gasteiger partial charge in [-0.1, -0.05) is 93.1 Å². The van der Waals surface area contributed by atoms with E-state index >= 15 is 0 Å². The minimum absolute atomic E-state index is 0.152. The van der Waals surface area contributed by atoms with Gasteiger partial charge in [-0.2, -0.15) is 0 Å². The SMILES string of the molecule is CCCCc1nc(SC)c(C(=O)OCC)n1Cc1ccc(-c2ccccc2S(=O)(=O)NC(=NCc2ccccc2)NCCC)cc1. The average Bonchev–Trinajstić information content (AvgIpc) is 3.42. The molecule has 0 aliphatic heterocycles. The van der Waals surface area contributed by atoms with Crippen LogP contribution in [-0.4, -0.2) is 49.3 Å². The highest BCUT2D eigenvalue weighted by Gasteiger charge is 2.24. The number of sulfonamides is 1. The number of carbonyl (C=O) groups excluding carboxylic acids is 1. The number of esters is 1. The van der Waals surface area contributed by atoms with Gasteiger partial charge in [0.05, 0.1) is 18.0 Å². The van der Waals surface area contributed by atoms with Crippen molar-refractivity contribution < 1.29 is 17.9 Å². The van der Waals surface area contributed by atoms with Gasteiger partial charge in [-0.25, -0.2) is 27.9 Å². The first kappa shape index (κ1) is 34.8. The number of nitrogens with one attached hydrogen (secondary N) is 2. The third-order valence-corrected chi connectivity index (χ3v) is 9.32. The summed E-state index contributed by atoms with van der Waals surface area (Å²) in [5, 5.41) is 3.78. The fraction of sp³-hybridized carbons (Fsp3) is 0.343. The normalized spacial score (nSPS) is 11.8. The van der Waals surface area contributed by atoms with Gasteiger partial charge in [-0.15, -0.1) is 11.8 Å². The van der Waals surface area contributed by atoms with Crippen LogP contribution in [0.2, 0.25) is 0 Å². The number of aryl methyl sites for hydroxylation is 1. The monoisotopic (exact) mass is 661 g/mol. The van der Waals surface area contributed by atoms with Crippen LogP contribution in [-0.2, 0) is 34.3 Å². The van der Waals surface area contributed by atoms with E-state index in [4.69, 9.17) is 9.72 Å². The zero-order valence-corrected chi connectivity index (χ0v) is 28.6. The number of hydrogen-bond acceptors (Lipinski definition) is 7. The number of thioether (sulfide) groups is 1. The molecule has 4 aromatic rings. The largest absolute Gasteiger partial charge is 0.461 e. The highest BCUT2D eigenvalue weighted by atomic mass is 32.2. The number of aromatic nitrogens is 2. The standard InChI is InChI=1S/C35H43N5O4S2/c1-5-8-18-31-38-33(45-4)32(34(41)44-7-3)40(31)25-27-19-21-28(22-20-27)29-16-12-13-17-30(29)46(42,43)39-35(36-23-6-2)37-24-26-14-10-9-11-15-26/h9-17,19-22H,5-8,18,23-25H2,1-4H3,(H2,36,37,39). The molecular formula is C35H43N5O4S2. The van der Waals surface area contributed by atoms with E-state index in [-0.39, 0.29) is 23.4 Å². The van der Waals surface area contributed by atoms with Crippen LogP contribution in [0.15, 0.2) is 93.8 Å². The van der Waals surface area contributed by atoms with Gasteiger partial charge >= 0.3 is 5.97 Å². The Morgan fingerprint density at radius 1 is 0.935 bits per heavy atom. The summed E-state index contributed by atoms with van der Waals surface area (Å²) in [5.41, 5.74) is 3.72. The third kappa shape index (κ3) is 9.01. The zero-order chi connectivity index (χ0) is 32.9. The first-order valence-corrected chi connectivity index (χ1v) is 18.4. The molecule has 0 fully saturated rings. The van der Waals surface area contributed by atoms with Crippen LogP contribution in [0.5, 0.6) is 0 Å². The van der Waals surface area contributed by atoms with Gasteiger partial charge in [0, 0.05) is 25.1 Å². The Kier molecular flexibility index (Phi) is 12.9. The Bertz CT molecular complexity index is 1720. The maximum atomic E-state index is 13.7. The number of unbranched alkanes of at least 4 members (excludes halogenated alkanes) is 1. The van der Waals surface area contributed by atoms with Crippen LogP contribution in [0.1, 0.15) is 67.5 Å². The minimum atomic E-state index is -3.98. The fourth-order valence-electron chi connectivity index (χ4n) is 4.93. The van der Waals surface area contributed by atoms with Crippen molar-refractivity contribution in [2.45, 2.75) is 69.5 Å². The molecule has 0 radical (unpaired) electrons. The predicted molar refractivity (Wildman–Crippen MR) is 186 cm³/mol. The van der Waals surface area contributed by atoms with Crippen LogP contribution >= 0.6 is 11.8 Å². The number of ether oxygens (including phenoxy) is 1. The molecule has 0 saturated carbocycles. The molecule has 0 aliphatic rings. The fourth-order valence-corrected chi connectivity index (χ4v) is 6.74. The van der Waals surface area contributed by atoms with Crippen LogP contribution < -0.4 is 10.0 Å². The first-order valence-electron chi connectivity index (χ1n) is 15.6. The molecule has 2 N–H and O–H groups in total. The molecule has 0 amide bonds. The topological polar surface area (TPSA) is 115 Å². The van der Waals surface area contributed by atoms with E-state index < -0.39 is 10.0 Å². The molecule has 1 aromatic heterocycles. The second-order valence-electron chi connectivity index (χ2n) is 10.7. The van der Waals surface area contributed by atoms with Gasteiger partial charge in [0.25, 0.3) is 10.0 Å². The molecule has 11 heteroatoms. The summed E-state index contributed by atoms with van der Waals surface area (Å²) in [6.45, 7) is 7.56. The van der Waals surface area contributed by atoms with Crippen molar-refractivity contribution in [3.05, 3.63) is 102 Å². The van der Waals surface area contributed by atoms with E-state index in [0.717, 1.165) is 48.2 Å². The molecule has 0 saturated heterocycles. The smallest absolute Gasteiger partial charge is 0.357 e. The van der Waals surface area contributed by atoms with Crippen LogP contribution in [0.25, 0.3) is 11.1 Å². The number of imidazole rings is 1. The van der Waals surface area contributed by atoms with Gasteiger partial charge < -0.3 is 14.6 Å². The van der Waals surface area contributed by atoms with Gasteiger partial charge in [0.15, 0.2) is 5.69 Å². The number of nitrogens with zero attached hydrogens (tertiary/aromatic N) is 3. The number of rotatable bonds is 15. The Labute approximate surface area is 277 Å². The lowest BCUT2D eigenvalue weighted by atomic mass is 10.0. The third-order valence-electron chi connectivity index (χ3n) is 7.25. The number of aliphatic imine (C=N–C) groups is 1. The maximum Gasteiger partial charge on any atom is 0.357 e. The quantitative estimate of drug-likeness (QED) is 0.0633. The molecule has 4 rings (SSSR count). The molecule has 3 aromatic carbocycles. The van der Waals surface area contributed by atoms with Crippen molar-refractivity contribution in [1.82, 2.24) is 19.6 Å². The van der Waals surface area contributed by atoms with E-state index in [1.54, 1.807) is 25.1 Å².